The summed E-state index contributed by atoms with van der Waals surface area (Å²) in [6.07, 6.45) is -4.30. The second-order valence-electron chi connectivity index (χ2n) is 9.73. The number of carboxylic acids is 1. The standard InChI is InChI=1S/C24H37N5O6.C2HF3O2/c1-16(2)20(25)21(30)28-19(9-6-12-27-23(26)32)22(31)35-18-10-13-29(14-11-18)24(33)34-15-17-7-4-3-5-8-17;3-2(4,5)1(6)7/h3-5,7-8,16,18-20H,6,9-15,25H2,1-2H3,(H,28,30)(H3,26,27,32);(H,6,7)/t19-,20-;/m0./s1. The van der Waals surface area contributed by atoms with Crippen LogP contribution in [0.1, 0.15) is 45.1 Å². The van der Waals surface area contributed by atoms with E-state index in [1.807, 2.05) is 44.2 Å². The summed E-state index contributed by atoms with van der Waals surface area (Å²) >= 11 is 0. The van der Waals surface area contributed by atoms with Crippen molar-refractivity contribution in [3.05, 3.63) is 35.9 Å². The quantitative estimate of drug-likeness (QED) is 0.184. The van der Waals surface area contributed by atoms with Crippen LogP contribution >= 0.6 is 0 Å². The third-order valence-electron chi connectivity index (χ3n) is 6.02. The molecule has 1 heterocycles. The molecular weight excluding hydrogens is 567 g/mol. The molecule has 2 rings (SSSR count). The second kappa shape index (κ2) is 17.7. The third-order valence-corrected chi connectivity index (χ3v) is 6.02. The molecule has 1 fully saturated rings. The minimum Gasteiger partial charge on any atom is -0.475 e. The SMILES string of the molecule is CC(C)[C@H](N)C(=O)N[C@@H](CCCNC(N)=O)C(=O)OC1CCN(C(=O)OCc2ccccc2)CC1.O=C(O)C(F)(F)F. The Hall–Kier alpha value is -4.08. The zero-order valence-electron chi connectivity index (χ0n) is 23.4. The highest BCUT2D eigenvalue weighted by Crippen LogP contribution is 2.17. The number of urea groups is 1. The molecule has 0 radical (unpaired) electrons. The fourth-order valence-corrected chi connectivity index (χ4v) is 3.55. The number of aliphatic carboxylic acids is 1. The Bertz CT molecular complexity index is 1030. The maximum Gasteiger partial charge on any atom is 0.490 e. The van der Waals surface area contributed by atoms with Gasteiger partial charge in [-0.2, -0.15) is 13.2 Å². The van der Waals surface area contributed by atoms with Crippen LogP contribution in [-0.2, 0) is 30.5 Å². The molecule has 1 saturated heterocycles. The number of halogens is 3. The molecule has 4 amide bonds. The maximum absolute atomic E-state index is 12.8. The van der Waals surface area contributed by atoms with E-state index in [1.54, 1.807) is 4.90 Å². The first-order chi connectivity index (χ1) is 19.6. The number of alkyl halides is 3. The van der Waals surface area contributed by atoms with Crippen LogP contribution in [0.5, 0.6) is 0 Å². The molecule has 0 bridgehead atoms. The largest absolute Gasteiger partial charge is 0.490 e. The lowest BCUT2D eigenvalue weighted by Crippen LogP contribution is -2.51. The number of nitrogens with one attached hydrogen (secondary N) is 2. The Morgan fingerprint density at radius 2 is 1.67 bits per heavy atom. The number of benzene rings is 1. The lowest BCUT2D eigenvalue weighted by molar-refractivity contribution is -0.192. The van der Waals surface area contributed by atoms with Gasteiger partial charge in [-0.05, 0) is 24.3 Å². The molecule has 236 valence electrons. The van der Waals surface area contributed by atoms with Gasteiger partial charge in [0.1, 0.15) is 18.8 Å². The Morgan fingerprint density at radius 1 is 1.10 bits per heavy atom. The van der Waals surface area contributed by atoms with Crippen molar-refractivity contribution in [3.63, 3.8) is 0 Å². The third kappa shape index (κ3) is 14.0. The minimum absolute atomic E-state index is 0.103. The van der Waals surface area contributed by atoms with Crippen LogP contribution in [0, 0.1) is 5.92 Å². The van der Waals surface area contributed by atoms with Crippen LogP contribution in [-0.4, -0.2) is 84.0 Å². The number of primary amides is 1. The van der Waals surface area contributed by atoms with Crippen molar-refractivity contribution in [3.8, 4) is 0 Å². The van der Waals surface area contributed by atoms with E-state index in [-0.39, 0.29) is 31.6 Å². The van der Waals surface area contributed by atoms with Crippen LogP contribution in [0.25, 0.3) is 0 Å². The van der Waals surface area contributed by atoms with E-state index in [4.69, 9.17) is 30.8 Å². The number of hydrogen-bond donors (Lipinski definition) is 5. The first-order valence-electron chi connectivity index (χ1n) is 13.2. The lowest BCUT2D eigenvalue weighted by Gasteiger charge is -2.32. The summed E-state index contributed by atoms with van der Waals surface area (Å²) < 4.78 is 42.7. The van der Waals surface area contributed by atoms with Gasteiger partial charge in [0.25, 0.3) is 0 Å². The molecule has 0 aromatic heterocycles. The topological polar surface area (TPSA) is 203 Å². The predicted molar refractivity (Wildman–Crippen MR) is 143 cm³/mol. The van der Waals surface area contributed by atoms with Gasteiger partial charge in [-0.25, -0.2) is 19.2 Å². The van der Waals surface area contributed by atoms with Gasteiger partial charge in [-0.15, -0.1) is 0 Å². The smallest absolute Gasteiger partial charge is 0.475 e. The first kappa shape index (κ1) is 35.9. The van der Waals surface area contributed by atoms with E-state index in [9.17, 15) is 32.3 Å². The van der Waals surface area contributed by atoms with Crippen LogP contribution in [0.15, 0.2) is 30.3 Å². The molecule has 0 aliphatic carbocycles. The second-order valence-corrected chi connectivity index (χ2v) is 9.73. The number of hydrogen-bond acceptors (Lipinski definition) is 8. The summed E-state index contributed by atoms with van der Waals surface area (Å²) in [6.45, 7) is 4.86. The molecule has 2 atom stereocenters. The maximum atomic E-state index is 12.8. The van der Waals surface area contributed by atoms with Crippen LogP contribution in [0.4, 0.5) is 22.8 Å². The molecule has 0 unspecified atom stereocenters. The number of amides is 4. The van der Waals surface area contributed by atoms with Crippen molar-refractivity contribution >= 4 is 30.0 Å². The van der Waals surface area contributed by atoms with Crippen LogP contribution < -0.4 is 22.1 Å². The summed E-state index contributed by atoms with van der Waals surface area (Å²) in [4.78, 5) is 59.0. The van der Waals surface area contributed by atoms with Crippen molar-refractivity contribution < 1.29 is 51.7 Å². The summed E-state index contributed by atoms with van der Waals surface area (Å²) in [5, 5.41) is 12.2. The van der Waals surface area contributed by atoms with E-state index in [2.05, 4.69) is 10.6 Å². The van der Waals surface area contributed by atoms with Crippen LogP contribution in [0.2, 0.25) is 0 Å². The summed E-state index contributed by atoms with van der Waals surface area (Å²) in [5.74, 6) is -3.87. The number of esters is 1. The number of carbonyl (C=O) groups excluding carboxylic acids is 4. The van der Waals surface area contributed by atoms with Gasteiger partial charge in [0.15, 0.2) is 0 Å². The Kier molecular flexibility index (Phi) is 15.1. The number of carboxylic acid groups (broad SMARTS) is 1. The van der Waals surface area contributed by atoms with Gasteiger partial charge in [-0.1, -0.05) is 44.2 Å². The van der Waals surface area contributed by atoms with E-state index >= 15 is 0 Å². The molecule has 42 heavy (non-hydrogen) atoms. The van der Waals surface area contributed by atoms with E-state index in [0.29, 0.717) is 32.4 Å². The lowest BCUT2D eigenvalue weighted by atomic mass is 10.0. The highest BCUT2D eigenvalue weighted by atomic mass is 19.4. The van der Waals surface area contributed by atoms with Crippen molar-refractivity contribution in [2.24, 2.45) is 17.4 Å². The van der Waals surface area contributed by atoms with E-state index < -0.39 is 48.2 Å². The highest BCUT2D eigenvalue weighted by molar-refractivity contribution is 5.87. The number of rotatable bonds is 11. The van der Waals surface area contributed by atoms with E-state index in [1.165, 1.54) is 0 Å². The number of nitrogens with two attached hydrogens (primary N) is 2. The fraction of sp³-hybridized carbons (Fsp3) is 0.577. The Morgan fingerprint density at radius 3 is 2.17 bits per heavy atom. The fourth-order valence-electron chi connectivity index (χ4n) is 3.55. The molecule has 1 aromatic carbocycles. The molecular formula is C26H38F3N5O8. The molecule has 16 heteroatoms. The summed E-state index contributed by atoms with van der Waals surface area (Å²) in [6, 6.07) is 7.08. The number of piperidine rings is 1. The zero-order valence-corrected chi connectivity index (χ0v) is 23.4. The average Bonchev–Trinajstić information content (AvgIpc) is 2.93. The van der Waals surface area contributed by atoms with Gasteiger partial charge < -0.3 is 41.6 Å². The van der Waals surface area contributed by atoms with Gasteiger partial charge >= 0.3 is 30.2 Å². The first-order valence-corrected chi connectivity index (χ1v) is 13.2. The molecule has 1 aliphatic rings. The van der Waals surface area contributed by atoms with Gasteiger partial charge in [0.2, 0.25) is 5.91 Å². The monoisotopic (exact) mass is 605 g/mol. The van der Waals surface area contributed by atoms with Crippen molar-refractivity contribution in [1.82, 2.24) is 15.5 Å². The van der Waals surface area contributed by atoms with Crippen molar-refractivity contribution in [2.45, 2.75) is 70.5 Å². The van der Waals surface area contributed by atoms with Gasteiger partial charge in [0.05, 0.1) is 6.04 Å². The highest BCUT2D eigenvalue weighted by Gasteiger charge is 2.38. The van der Waals surface area contributed by atoms with Crippen molar-refractivity contribution in [1.29, 1.82) is 0 Å². The molecule has 0 saturated carbocycles. The Balaban J connectivity index is 0.00000112. The van der Waals surface area contributed by atoms with Gasteiger partial charge in [-0.3, -0.25) is 4.79 Å². The zero-order chi connectivity index (χ0) is 31.9. The van der Waals surface area contributed by atoms with Crippen LogP contribution in [0.3, 0.4) is 0 Å². The molecule has 13 nitrogen and oxygen atoms in total. The Labute approximate surface area is 241 Å². The number of ether oxygens (including phenoxy) is 2. The average molecular weight is 606 g/mol. The van der Waals surface area contributed by atoms with Gasteiger partial charge in [0, 0.05) is 32.5 Å². The number of carbonyl (C=O) groups is 5. The minimum atomic E-state index is -5.08. The molecule has 1 aliphatic heterocycles. The number of nitrogens with zero attached hydrogens (tertiary/aromatic N) is 1. The van der Waals surface area contributed by atoms with E-state index in [0.717, 1.165) is 5.56 Å². The number of likely N-dealkylation sites (tertiary alicyclic amines) is 1. The summed E-state index contributed by atoms with van der Waals surface area (Å²) in [5.41, 5.74) is 11.9. The molecule has 7 N–H and O–H groups in total. The molecule has 1 aromatic rings. The normalized spacial score (nSPS) is 15.0. The molecule has 0 spiro atoms. The summed E-state index contributed by atoms with van der Waals surface area (Å²) in [7, 11) is 0. The van der Waals surface area contributed by atoms with Crippen molar-refractivity contribution in [2.75, 3.05) is 19.6 Å². The predicted octanol–water partition coefficient (Wildman–Crippen LogP) is 1.88.